The van der Waals surface area contributed by atoms with Crippen LogP contribution in [0.5, 0.6) is 0 Å². The van der Waals surface area contributed by atoms with Crippen LogP contribution in [0.2, 0.25) is 0 Å². The van der Waals surface area contributed by atoms with Crippen LogP contribution < -0.4 is 5.73 Å². The summed E-state index contributed by atoms with van der Waals surface area (Å²) in [4.78, 5) is 34.8. The zero-order valence-corrected chi connectivity index (χ0v) is 34.7. The van der Waals surface area contributed by atoms with Crippen molar-refractivity contribution >= 4 is 19.8 Å². The third kappa shape index (κ3) is 38.5. The van der Waals surface area contributed by atoms with Gasteiger partial charge in [-0.15, -0.1) is 0 Å². The fourth-order valence-electron chi connectivity index (χ4n) is 6.16. The van der Waals surface area contributed by atoms with Crippen LogP contribution in [-0.4, -0.2) is 49.3 Å². The summed E-state index contributed by atoms with van der Waals surface area (Å²) < 4.78 is 32.7. The molecular formula is C42H82NO8P. The van der Waals surface area contributed by atoms with Gasteiger partial charge in [0, 0.05) is 19.4 Å². The third-order valence-electron chi connectivity index (χ3n) is 9.40. The van der Waals surface area contributed by atoms with Crippen molar-refractivity contribution in [1.82, 2.24) is 0 Å². The van der Waals surface area contributed by atoms with Gasteiger partial charge in [-0.1, -0.05) is 174 Å². The predicted molar refractivity (Wildman–Crippen MR) is 215 cm³/mol. The molecule has 0 aliphatic heterocycles. The van der Waals surface area contributed by atoms with E-state index in [0.29, 0.717) is 6.42 Å². The van der Waals surface area contributed by atoms with Crippen molar-refractivity contribution in [1.29, 1.82) is 0 Å². The second-order valence-corrected chi connectivity index (χ2v) is 16.0. The summed E-state index contributed by atoms with van der Waals surface area (Å²) in [6.07, 6.45) is 39.5. The van der Waals surface area contributed by atoms with Crippen molar-refractivity contribution in [2.75, 3.05) is 26.4 Å². The van der Waals surface area contributed by atoms with Gasteiger partial charge in [0.1, 0.15) is 6.61 Å². The zero-order chi connectivity index (χ0) is 38.2. The Balaban J connectivity index is 4.10. The van der Waals surface area contributed by atoms with E-state index in [-0.39, 0.29) is 38.6 Å². The van der Waals surface area contributed by atoms with Gasteiger partial charge in [-0.2, -0.15) is 0 Å². The van der Waals surface area contributed by atoms with E-state index in [2.05, 4.69) is 26.0 Å². The molecule has 0 aliphatic rings. The number of unbranched alkanes of at least 4 members (excludes halogenated alkanes) is 26. The lowest BCUT2D eigenvalue weighted by Gasteiger charge is -2.19. The summed E-state index contributed by atoms with van der Waals surface area (Å²) in [5.41, 5.74) is 5.34. The molecule has 0 aliphatic carbocycles. The number of nitrogens with two attached hydrogens (primary N) is 1. The van der Waals surface area contributed by atoms with Crippen molar-refractivity contribution in [3.05, 3.63) is 12.2 Å². The van der Waals surface area contributed by atoms with E-state index in [0.717, 1.165) is 38.5 Å². The first-order valence-corrected chi connectivity index (χ1v) is 23.2. The average molecular weight is 760 g/mol. The molecule has 52 heavy (non-hydrogen) atoms. The highest BCUT2D eigenvalue weighted by molar-refractivity contribution is 7.47. The molecule has 3 N–H and O–H groups in total. The molecule has 308 valence electrons. The van der Waals surface area contributed by atoms with E-state index in [4.69, 9.17) is 24.3 Å². The van der Waals surface area contributed by atoms with Crippen LogP contribution in [0.3, 0.4) is 0 Å². The molecule has 0 bridgehead atoms. The fraction of sp³-hybridized carbons (Fsp3) is 0.905. The standard InChI is InChI=1S/C42H82NO8P/c1-3-5-7-9-11-13-15-17-18-19-20-21-22-23-25-27-29-31-33-35-42(45)51-40(39-50-52(46,47)49-37-36-43)38-48-41(44)34-32-30-28-26-24-16-14-12-10-8-6-4-2/h17-18,40H,3-16,19-39,43H2,1-2H3,(H,46,47)/b18-17+/t40-/m1/s1. The Morgan fingerprint density at radius 1 is 0.558 bits per heavy atom. The van der Waals surface area contributed by atoms with Crippen molar-refractivity contribution < 1.29 is 37.6 Å². The summed E-state index contributed by atoms with van der Waals surface area (Å²) in [6, 6.07) is 0. The minimum atomic E-state index is -4.37. The van der Waals surface area contributed by atoms with Crippen LogP contribution in [0.4, 0.5) is 0 Å². The first-order chi connectivity index (χ1) is 25.3. The number of carbonyl (C=O) groups excluding carboxylic acids is 2. The Bertz CT molecular complexity index is 871. The number of allylic oxidation sites excluding steroid dienone is 2. The molecule has 1 unspecified atom stereocenters. The maximum absolute atomic E-state index is 12.6. The average Bonchev–Trinajstić information content (AvgIpc) is 3.13. The number of phosphoric ester groups is 1. The lowest BCUT2D eigenvalue weighted by molar-refractivity contribution is -0.161. The van der Waals surface area contributed by atoms with Crippen LogP contribution in [0, 0.1) is 0 Å². The lowest BCUT2D eigenvalue weighted by atomic mass is 10.0. The molecule has 0 fully saturated rings. The van der Waals surface area contributed by atoms with Gasteiger partial charge in [0.25, 0.3) is 0 Å². The summed E-state index contributed by atoms with van der Waals surface area (Å²) in [5, 5.41) is 0. The van der Waals surface area contributed by atoms with Crippen molar-refractivity contribution in [2.24, 2.45) is 5.73 Å². The first-order valence-electron chi connectivity index (χ1n) is 21.7. The number of hydrogen-bond acceptors (Lipinski definition) is 8. The molecule has 0 saturated carbocycles. The van der Waals surface area contributed by atoms with E-state index >= 15 is 0 Å². The highest BCUT2D eigenvalue weighted by Gasteiger charge is 2.26. The monoisotopic (exact) mass is 760 g/mol. The van der Waals surface area contributed by atoms with Crippen LogP contribution in [0.15, 0.2) is 12.2 Å². The molecule has 0 amide bonds. The molecule has 0 rings (SSSR count). The van der Waals surface area contributed by atoms with Crippen molar-refractivity contribution in [2.45, 2.75) is 219 Å². The van der Waals surface area contributed by atoms with Gasteiger partial charge in [-0.3, -0.25) is 18.6 Å². The Labute approximate surface area is 319 Å². The zero-order valence-electron chi connectivity index (χ0n) is 33.8. The Morgan fingerprint density at radius 2 is 0.942 bits per heavy atom. The molecule has 0 aromatic carbocycles. The highest BCUT2D eigenvalue weighted by atomic mass is 31.2. The third-order valence-corrected chi connectivity index (χ3v) is 10.4. The molecule has 2 atom stereocenters. The van der Waals surface area contributed by atoms with Crippen LogP contribution >= 0.6 is 7.82 Å². The highest BCUT2D eigenvalue weighted by Crippen LogP contribution is 2.43. The van der Waals surface area contributed by atoms with Gasteiger partial charge < -0.3 is 20.1 Å². The number of carbonyl (C=O) groups is 2. The topological polar surface area (TPSA) is 134 Å². The lowest BCUT2D eigenvalue weighted by Crippen LogP contribution is -2.29. The van der Waals surface area contributed by atoms with Crippen molar-refractivity contribution in [3.8, 4) is 0 Å². The second-order valence-electron chi connectivity index (χ2n) is 14.6. The summed E-state index contributed by atoms with van der Waals surface area (Å²) >= 11 is 0. The summed E-state index contributed by atoms with van der Waals surface area (Å²) in [6.45, 7) is 3.74. The maximum Gasteiger partial charge on any atom is 0.472 e. The SMILES string of the molecule is CCCCCCCC/C=C/CCCCCCCCCCCC(=O)O[C@H](COC(=O)CCCCCCCCCCCCCC)COP(=O)(O)OCCN. The molecule has 10 heteroatoms. The van der Waals surface area contributed by atoms with E-state index in [9.17, 15) is 19.0 Å². The molecule has 0 aromatic heterocycles. The molecular weight excluding hydrogens is 677 g/mol. The van der Waals surface area contributed by atoms with Crippen LogP contribution in [0.1, 0.15) is 213 Å². The second kappa shape index (κ2) is 39.4. The van der Waals surface area contributed by atoms with E-state index in [1.165, 1.54) is 141 Å². The number of esters is 2. The van der Waals surface area contributed by atoms with Gasteiger partial charge in [0.2, 0.25) is 0 Å². The smallest absolute Gasteiger partial charge is 0.462 e. The van der Waals surface area contributed by atoms with E-state index in [1.54, 1.807) is 0 Å². The molecule has 9 nitrogen and oxygen atoms in total. The minimum Gasteiger partial charge on any atom is -0.462 e. The first kappa shape index (κ1) is 50.8. The summed E-state index contributed by atoms with van der Waals surface area (Å²) in [5.74, 6) is -0.822. The number of rotatable bonds is 41. The van der Waals surface area contributed by atoms with Gasteiger partial charge in [-0.05, 0) is 38.5 Å². The van der Waals surface area contributed by atoms with E-state index < -0.39 is 26.5 Å². The quantitative estimate of drug-likeness (QED) is 0.0270. The normalized spacial score (nSPS) is 13.4. The number of ether oxygens (including phenoxy) is 2. The molecule has 0 radical (unpaired) electrons. The Hall–Kier alpha value is -1.25. The summed E-state index contributed by atoms with van der Waals surface area (Å²) in [7, 11) is -4.37. The van der Waals surface area contributed by atoms with Crippen LogP contribution in [0.25, 0.3) is 0 Å². The largest absolute Gasteiger partial charge is 0.472 e. The molecule has 0 aromatic rings. The fourth-order valence-corrected chi connectivity index (χ4v) is 6.92. The number of hydrogen-bond donors (Lipinski definition) is 2. The maximum atomic E-state index is 12.6. The molecule has 0 saturated heterocycles. The Morgan fingerprint density at radius 3 is 1.37 bits per heavy atom. The van der Waals surface area contributed by atoms with Crippen molar-refractivity contribution in [3.63, 3.8) is 0 Å². The van der Waals surface area contributed by atoms with Gasteiger partial charge >= 0.3 is 19.8 Å². The van der Waals surface area contributed by atoms with Crippen LogP contribution in [-0.2, 0) is 32.7 Å². The van der Waals surface area contributed by atoms with Gasteiger partial charge in [0.05, 0.1) is 13.2 Å². The number of phosphoric acid groups is 1. The Kier molecular flexibility index (Phi) is 38.5. The minimum absolute atomic E-state index is 0.0559. The predicted octanol–water partition coefficient (Wildman–Crippen LogP) is 12.2. The van der Waals surface area contributed by atoms with E-state index in [1.807, 2.05) is 0 Å². The van der Waals surface area contributed by atoms with Gasteiger partial charge in [0.15, 0.2) is 6.10 Å². The molecule has 0 spiro atoms. The molecule has 0 heterocycles. The van der Waals surface area contributed by atoms with Gasteiger partial charge in [-0.25, -0.2) is 4.57 Å².